The number of amides is 1. The van der Waals surface area contributed by atoms with Crippen LogP contribution in [-0.4, -0.2) is 56.4 Å². The van der Waals surface area contributed by atoms with Gasteiger partial charge in [0.1, 0.15) is 0 Å². The van der Waals surface area contributed by atoms with Crippen LogP contribution in [0, 0.1) is 0 Å². The zero-order valence-corrected chi connectivity index (χ0v) is 14.6. The van der Waals surface area contributed by atoms with Crippen LogP contribution < -0.4 is 5.32 Å². The molecule has 1 amide bonds. The number of hydrogen-bond acceptors (Lipinski definition) is 4. The summed E-state index contributed by atoms with van der Waals surface area (Å²) in [6.07, 6.45) is 2.49. The van der Waals surface area contributed by atoms with Crippen LogP contribution in [0.1, 0.15) is 30.9 Å². The fourth-order valence-electron chi connectivity index (χ4n) is 3.33. The molecule has 0 aliphatic carbocycles. The first kappa shape index (κ1) is 17.7. The molecule has 0 radical (unpaired) electrons. The van der Waals surface area contributed by atoms with E-state index in [-0.39, 0.29) is 18.1 Å². The SMILES string of the molecule is O=C(CCOC1CCOCC1)N1CCNCC1c1ccccc1Cl. The van der Waals surface area contributed by atoms with Crippen LogP contribution in [0.15, 0.2) is 24.3 Å². The minimum absolute atomic E-state index is 0.0111. The summed E-state index contributed by atoms with van der Waals surface area (Å²) in [5, 5.41) is 4.07. The molecular weight excluding hydrogens is 328 g/mol. The first-order valence-corrected chi connectivity index (χ1v) is 9.07. The van der Waals surface area contributed by atoms with Gasteiger partial charge in [0.15, 0.2) is 0 Å². The molecule has 2 aliphatic rings. The van der Waals surface area contributed by atoms with Crippen LogP contribution in [0.3, 0.4) is 0 Å². The van der Waals surface area contributed by atoms with Crippen molar-refractivity contribution in [3.63, 3.8) is 0 Å². The number of ether oxygens (including phenoxy) is 2. The average Bonchev–Trinajstić information content (AvgIpc) is 2.63. The molecule has 0 saturated carbocycles. The maximum Gasteiger partial charge on any atom is 0.225 e. The van der Waals surface area contributed by atoms with Gasteiger partial charge in [-0.2, -0.15) is 0 Å². The Bertz CT molecular complexity index is 549. The number of rotatable bonds is 5. The van der Waals surface area contributed by atoms with E-state index in [2.05, 4.69) is 5.32 Å². The lowest BCUT2D eigenvalue weighted by Gasteiger charge is -2.37. The molecule has 5 nitrogen and oxygen atoms in total. The fraction of sp³-hybridized carbons (Fsp3) is 0.611. The molecule has 2 heterocycles. The standard InChI is InChI=1S/C18H25ClN2O3/c19-16-4-2-1-3-15(16)17-13-20-8-9-21(17)18(22)7-12-24-14-5-10-23-11-6-14/h1-4,14,17,20H,5-13H2. The van der Waals surface area contributed by atoms with Crippen molar-refractivity contribution in [2.24, 2.45) is 0 Å². The van der Waals surface area contributed by atoms with Gasteiger partial charge < -0.3 is 19.7 Å². The molecule has 1 unspecified atom stereocenters. The van der Waals surface area contributed by atoms with E-state index in [0.717, 1.165) is 44.7 Å². The lowest BCUT2D eigenvalue weighted by molar-refractivity contribution is -0.136. The first-order chi connectivity index (χ1) is 11.8. The number of carbonyl (C=O) groups excluding carboxylic acids is 1. The second-order valence-corrected chi connectivity index (χ2v) is 6.67. The smallest absolute Gasteiger partial charge is 0.225 e. The number of nitrogens with one attached hydrogen (secondary N) is 1. The van der Waals surface area contributed by atoms with Gasteiger partial charge in [-0.25, -0.2) is 0 Å². The lowest BCUT2D eigenvalue weighted by Crippen LogP contribution is -2.49. The summed E-state index contributed by atoms with van der Waals surface area (Å²) in [4.78, 5) is 14.6. The van der Waals surface area contributed by atoms with Crippen molar-refractivity contribution in [2.45, 2.75) is 31.4 Å². The monoisotopic (exact) mass is 352 g/mol. The summed E-state index contributed by atoms with van der Waals surface area (Å²) >= 11 is 6.33. The maximum atomic E-state index is 12.7. The van der Waals surface area contributed by atoms with Crippen molar-refractivity contribution in [3.8, 4) is 0 Å². The molecule has 3 rings (SSSR count). The Labute approximate surface area is 148 Å². The van der Waals surface area contributed by atoms with Gasteiger partial charge in [-0.15, -0.1) is 0 Å². The molecule has 24 heavy (non-hydrogen) atoms. The molecule has 1 N–H and O–H groups in total. The summed E-state index contributed by atoms with van der Waals surface area (Å²) in [5.41, 5.74) is 1.00. The Morgan fingerprint density at radius 2 is 2.12 bits per heavy atom. The van der Waals surface area contributed by atoms with Gasteiger partial charge in [0.25, 0.3) is 0 Å². The number of piperazine rings is 1. The molecule has 0 spiro atoms. The van der Waals surface area contributed by atoms with Crippen LogP contribution in [0.2, 0.25) is 5.02 Å². The van der Waals surface area contributed by atoms with Crippen LogP contribution in [0.4, 0.5) is 0 Å². The van der Waals surface area contributed by atoms with Gasteiger partial charge in [-0.1, -0.05) is 29.8 Å². The highest BCUT2D eigenvalue weighted by Crippen LogP contribution is 2.28. The van der Waals surface area contributed by atoms with Crippen LogP contribution in [-0.2, 0) is 14.3 Å². The highest BCUT2D eigenvalue weighted by molar-refractivity contribution is 6.31. The number of halogens is 1. The van der Waals surface area contributed by atoms with Gasteiger partial charge in [0, 0.05) is 37.9 Å². The zero-order chi connectivity index (χ0) is 16.8. The fourth-order valence-corrected chi connectivity index (χ4v) is 3.59. The van der Waals surface area contributed by atoms with Crippen molar-refractivity contribution in [2.75, 3.05) is 39.5 Å². The highest BCUT2D eigenvalue weighted by Gasteiger charge is 2.29. The zero-order valence-electron chi connectivity index (χ0n) is 13.9. The van der Waals surface area contributed by atoms with E-state index in [9.17, 15) is 4.79 Å². The summed E-state index contributed by atoms with van der Waals surface area (Å²) < 4.78 is 11.2. The Morgan fingerprint density at radius 3 is 2.92 bits per heavy atom. The van der Waals surface area contributed by atoms with Crippen molar-refractivity contribution >= 4 is 17.5 Å². The van der Waals surface area contributed by atoms with Gasteiger partial charge >= 0.3 is 0 Å². The molecule has 2 fully saturated rings. The average molecular weight is 353 g/mol. The van der Waals surface area contributed by atoms with Crippen molar-refractivity contribution in [1.82, 2.24) is 10.2 Å². The van der Waals surface area contributed by atoms with E-state index in [1.54, 1.807) is 0 Å². The predicted molar refractivity (Wildman–Crippen MR) is 93.2 cm³/mol. The van der Waals surface area contributed by atoms with Crippen molar-refractivity contribution in [3.05, 3.63) is 34.9 Å². The normalized spacial score (nSPS) is 22.5. The first-order valence-electron chi connectivity index (χ1n) is 8.69. The van der Waals surface area contributed by atoms with E-state index in [4.69, 9.17) is 21.1 Å². The Kier molecular flexibility index (Phi) is 6.49. The minimum Gasteiger partial charge on any atom is -0.381 e. The van der Waals surface area contributed by atoms with E-state index in [1.165, 1.54) is 0 Å². The van der Waals surface area contributed by atoms with E-state index >= 15 is 0 Å². The Hall–Kier alpha value is -1.14. The van der Waals surface area contributed by atoms with Crippen LogP contribution >= 0.6 is 11.6 Å². The maximum absolute atomic E-state index is 12.7. The Balaban J connectivity index is 1.56. The molecule has 1 aromatic carbocycles. The van der Waals surface area contributed by atoms with Crippen LogP contribution in [0.25, 0.3) is 0 Å². The van der Waals surface area contributed by atoms with Gasteiger partial charge in [-0.05, 0) is 24.5 Å². The number of hydrogen-bond donors (Lipinski definition) is 1. The van der Waals surface area contributed by atoms with E-state index in [0.29, 0.717) is 24.6 Å². The number of benzene rings is 1. The van der Waals surface area contributed by atoms with Gasteiger partial charge in [0.2, 0.25) is 5.91 Å². The minimum atomic E-state index is -0.0111. The molecule has 0 bridgehead atoms. The Morgan fingerprint density at radius 1 is 1.33 bits per heavy atom. The molecule has 1 atom stereocenters. The third kappa shape index (κ3) is 4.48. The molecule has 0 aromatic heterocycles. The largest absolute Gasteiger partial charge is 0.381 e. The molecule has 1 aromatic rings. The number of carbonyl (C=O) groups is 1. The summed E-state index contributed by atoms with van der Waals surface area (Å²) in [7, 11) is 0. The summed E-state index contributed by atoms with van der Waals surface area (Å²) in [5.74, 6) is 0.133. The lowest BCUT2D eigenvalue weighted by atomic mass is 10.0. The van der Waals surface area contributed by atoms with Gasteiger partial charge in [0.05, 0.1) is 25.2 Å². The third-order valence-corrected chi connectivity index (χ3v) is 5.01. The third-order valence-electron chi connectivity index (χ3n) is 4.67. The van der Waals surface area contributed by atoms with Crippen LogP contribution in [0.5, 0.6) is 0 Å². The topological polar surface area (TPSA) is 50.8 Å². The molecule has 6 heteroatoms. The second kappa shape index (κ2) is 8.81. The van der Waals surface area contributed by atoms with Crippen molar-refractivity contribution < 1.29 is 14.3 Å². The predicted octanol–water partition coefficient (Wildman–Crippen LogP) is 2.40. The van der Waals surface area contributed by atoms with Crippen molar-refractivity contribution in [1.29, 1.82) is 0 Å². The second-order valence-electron chi connectivity index (χ2n) is 6.26. The highest BCUT2D eigenvalue weighted by atomic mass is 35.5. The van der Waals surface area contributed by atoms with E-state index < -0.39 is 0 Å². The molecule has 2 saturated heterocycles. The van der Waals surface area contributed by atoms with Gasteiger partial charge in [-0.3, -0.25) is 4.79 Å². The number of nitrogens with zero attached hydrogens (tertiary/aromatic N) is 1. The molecule has 2 aliphatic heterocycles. The summed E-state index contributed by atoms with van der Waals surface area (Å²) in [6.45, 7) is 4.23. The quantitative estimate of drug-likeness (QED) is 0.884. The molecule has 132 valence electrons. The van der Waals surface area contributed by atoms with E-state index in [1.807, 2.05) is 29.2 Å². The molecular formula is C18H25ClN2O3. The summed E-state index contributed by atoms with van der Waals surface area (Å²) in [6, 6.07) is 7.74.